The molecule has 1 atom stereocenters. The van der Waals surface area contributed by atoms with Crippen LogP contribution in [-0.4, -0.2) is 21.3 Å². The van der Waals surface area contributed by atoms with E-state index in [2.05, 4.69) is 78.6 Å². The van der Waals surface area contributed by atoms with Crippen molar-refractivity contribution in [2.24, 2.45) is 0 Å². The van der Waals surface area contributed by atoms with Crippen LogP contribution in [0.3, 0.4) is 0 Å². The first-order valence-corrected chi connectivity index (χ1v) is 10.2. The Hall–Kier alpha value is -0.351. The van der Waals surface area contributed by atoms with E-state index < -0.39 is 5.51 Å². The van der Waals surface area contributed by atoms with Gasteiger partial charge in [0.25, 0.3) is 0 Å². The zero-order valence-corrected chi connectivity index (χ0v) is 13.5. The predicted octanol–water partition coefficient (Wildman–Crippen LogP) is 4.26. The van der Waals surface area contributed by atoms with Crippen LogP contribution >= 0.6 is 5.51 Å². The van der Waals surface area contributed by atoms with Crippen LogP contribution in [0.4, 0.5) is 0 Å². The van der Waals surface area contributed by atoms with Gasteiger partial charge < -0.3 is 0 Å². The van der Waals surface area contributed by atoms with Gasteiger partial charge in [-0.2, -0.15) is 0 Å². The van der Waals surface area contributed by atoms with Gasteiger partial charge in [0.1, 0.15) is 0 Å². The molecule has 1 unspecified atom stereocenters. The molecule has 1 rings (SSSR count). The van der Waals surface area contributed by atoms with Crippen LogP contribution in [0.15, 0.2) is 48.8 Å². The standard InChI is InChI=1S/C15H21PSe/c1-5-11-16(17,12-6-2)15-10-8-7-9-14(15)13(3)4/h5-10,12-13H,1,11H2,2-4H3/b12-6+. The van der Waals surface area contributed by atoms with Crippen LogP contribution in [0, 0.1) is 0 Å². The summed E-state index contributed by atoms with van der Waals surface area (Å²) in [5.41, 5.74) is 0.121. The fourth-order valence-electron chi connectivity index (χ4n) is 1.99. The van der Waals surface area contributed by atoms with Gasteiger partial charge in [0.2, 0.25) is 0 Å². The second-order valence-electron chi connectivity index (χ2n) is 4.46. The van der Waals surface area contributed by atoms with Crippen LogP contribution in [0.1, 0.15) is 32.3 Å². The van der Waals surface area contributed by atoms with Crippen molar-refractivity contribution in [3.05, 3.63) is 54.4 Å². The van der Waals surface area contributed by atoms with Gasteiger partial charge in [-0.25, -0.2) is 0 Å². The maximum absolute atomic E-state index is 3.90. The van der Waals surface area contributed by atoms with Crippen molar-refractivity contribution in [3.63, 3.8) is 0 Å². The minimum absolute atomic E-state index is 0.564. The van der Waals surface area contributed by atoms with E-state index in [1.165, 1.54) is 10.9 Å². The summed E-state index contributed by atoms with van der Waals surface area (Å²) in [6.07, 6.45) is 5.22. The van der Waals surface area contributed by atoms with E-state index in [0.717, 1.165) is 6.16 Å². The molecule has 0 saturated heterocycles. The monoisotopic (exact) mass is 312 g/mol. The summed E-state index contributed by atoms with van der Waals surface area (Å²) >= 11 is 3.46. The van der Waals surface area contributed by atoms with Crippen molar-refractivity contribution >= 4 is 25.9 Å². The second kappa shape index (κ2) is 6.55. The Kier molecular flexibility index (Phi) is 5.66. The Morgan fingerprint density at radius 2 is 2.00 bits per heavy atom. The Balaban J connectivity index is 3.38. The first-order chi connectivity index (χ1) is 8.05. The SMILES string of the molecule is C=CCP(=[Se])(/C=C/C)c1ccccc1C(C)C. The summed E-state index contributed by atoms with van der Waals surface area (Å²) in [5, 5.41) is 1.48. The van der Waals surface area contributed by atoms with Crippen molar-refractivity contribution in [1.29, 1.82) is 0 Å². The molecule has 0 aliphatic heterocycles. The zero-order valence-electron chi connectivity index (χ0n) is 10.9. The third-order valence-corrected chi connectivity index (χ3v) is 8.50. The summed E-state index contributed by atoms with van der Waals surface area (Å²) < 4.78 is 0. The average Bonchev–Trinajstić information content (AvgIpc) is 2.29. The topological polar surface area (TPSA) is 0 Å². The molecule has 0 aromatic heterocycles. The molecule has 17 heavy (non-hydrogen) atoms. The van der Waals surface area contributed by atoms with E-state index in [4.69, 9.17) is 0 Å². The molecule has 1 aromatic rings. The molecule has 0 radical (unpaired) electrons. The molecule has 0 heterocycles. The molecule has 0 bridgehead atoms. The van der Waals surface area contributed by atoms with Crippen LogP contribution in [-0.2, 0) is 0 Å². The molecule has 1 aromatic carbocycles. The molecule has 2 heteroatoms. The summed E-state index contributed by atoms with van der Waals surface area (Å²) in [7, 11) is 0. The van der Waals surface area contributed by atoms with Crippen LogP contribution < -0.4 is 5.30 Å². The number of benzene rings is 1. The van der Waals surface area contributed by atoms with Gasteiger partial charge in [-0.15, -0.1) is 0 Å². The van der Waals surface area contributed by atoms with Crippen molar-refractivity contribution in [3.8, 4) is 0 Å². The fourth-order valence-corrected chi connectivity index (χ4v) is 6.92. The third kappa shape index (κ3) is 3.55. The van der Waals surface area contributed by atoms with Gasteiger partial charge >= 0.3 is 113 Å². The van der Waals surface area contributed by atoms with E-state index in [1.807, 2.05) is 6.08 Å². The number of hydrogen-bond donors (Lipinski definition) is 0. The average molecular weight is 311 g/mol. The molecule has 0 N–H and O–H groups in total. The first-order valence-electron chi connectivity index (χ1n) is 5.98. The van der Waals surface area contributed by atoms with Crippen LogP contribution in [0.2, 0.25) is 0 Å². The van der Waals surface area contributed by atoms with Crippen molar-refractivity contribution < 1.29 is 0 Å². The first kappa shape index (κ1) is 14.7. The number of hydrogen-bond acceptors (Lipinski definition) is 0. The molecule has 0 nitrogen and oxygen atoms in total. The molecular weight excluding hydrogens is 290 g/mol. The van der Waals surface area contributed by atoms with Crippen LogP contribution in [0.5, 0.6) is 0 Å². The molecule has 0 spiro atoms. The molecule has 0 fully saturated rings. The number of allylic oxidation sites excluding steroid dienone is 2. The number of rotatable bonds is 5. The minimum atomic E-state index is -1.34. The predicted molar refractivity (Wildman–Crippen MR) is 82.7 cm³/mol. The molecule has 92 valence electrons. The van der Waals surface area contributed by atoms with Crippen LogP contribution in [0.25, 0.3) is 0 Å². The maximum atomic E-state index is 3.90. The van der Waals surface area contributed by atoms with Gasteiger partial charge in [-0.1, -0.05) is 0 Å². The summed E-state index contributed by atoms with van der Waals surface area (Å²) in [5.74, 6) is 2.91. The Morgan fingerprint density at radius 3 is 2.53 bits per heavy atom. The summed E-state index contributed by atoms with van der Waals surface area (Å²) in [4.78, 5) is 0. The van der Waals surface area contributed by atoms with Gasteiger partial charge in [-0.05, 0) is 0 Å². The van der Waals surface area contributed by atoms with Crippen molar-refractivity contribution in [2.45, 2.75) is 26.7 Å². The van der Waals surface area contributed by atoms with E-state index in [-0.39, 0.29) is 0 Å². The van der Waals surface area contributed by atoms with Gasteiger partial charge in [0.15, 0.2) is 0 Å². The zero-order chi connectivity index (χ0) is 12.9. The van der Waals surface area contributed by atoms with E-state index in [1.54, 1.807) is 0 Å². The second-order valence-corrected chi connectivity index (χ2v) is 11.3. The van der Waals surface area contributed by atoms with E-state index in [0.29, 0.717) is 5.92 Å². The normalized spacial score (nSPS) is 15.1. The summed E-state index contributed by atoms with van der Waals surface area (Å²) in [6.45, 7) is 10.5. The van der Waals surface area contributed by atoms with Crippen molar-refractivity contribution in [1.82, 2.24) is 0 Å². The Bertz CT molecular complexity index is 458. The molecule has 0 aliphatic rings. The van der Waals surface area contributed by atoms with E-state index in [9.17, 15) is 0 Å². The van der Waals surface area contributed by atoms with Gasteiger partial charge in [-0.3, -0.25) is 0 Å². The molecule has 0 saturated carbocycles. The summed E-state index contributed by atoms with van der Waals surface area (Å²) in [6, 6.07) is 8.79. The molecule has 0 amide bonds. The van der Waals surface area contributed by atoms with Gasteiger partial charge in [0.05, 0.1) is 0 Å². The Labute approximate surface area is 113 Å². The van der Waals surface area contributed by atoms with Crippen molar-refractivity contribution in [2.75, 3.05) is 6.16 Å². The third-order valence-electron chi connectivity index (χ3n) is 2.76. The quantitative estimate of drug-likeness (QED) is 0.433. The fraction of sp³-hybridized carbons (Fsp3) is 0.333. The Morgan fingerprint density at radius 1 is 1.35 bits per heavy atom. The molecule has 0 aliphatic carbocycles. The van der Waals surface area contributed by atoms with E-state index >= 15 is 0 Å². The molecular formula is C15H21PSe. The van der Waals surface area contributed by atoms with Gasteiger partial charge in [0, 0.05) is 0 Å².